The lowest BCUT2D eigenvalue weighted by molar-refractivity contribution is -0.121. The summed E-state index contributed by atoms with van der Waals surface area (Å²) >= 11 is 6.27. The summed E-state index contributed by atoms with van der Waals surface area (Å²) in [4.78, 5) is 23.0. The van der Waals surface area contributed by atoms with Gasteiger partial charge in [0.05, 0.1) is 17.5 Å². The van der Waals surface area contributed by atoms with Crippen molar-refractivity contribution in [2.75, 3.05) is 31.1 Å². The number of carbonyl (C=O) groups is 1. The molecule has 1 amide bonds. The number of amides is 1. The van der Waals surface area contributed by atoms with Gasteiger partial charge in [-0.15, -0.1) is 0 Å². The standard InChI is InChI=1S/C22H28ClFN6O/c1-2-26-22(28-13-16(20(25)31)12-15-5-7-17(24)8-6-15)29-18-9-11-30(14-18)21-19(23)4-3-10-27-21/h3-8,10,16,18H,2,9,11-14H2,1H3,(H2,25,31)(H2,26,28,29). The van der Waals surface area contributed by atoms with E-state index in [1.807, 2.05) is 19.1 Å². The molecule has 1 aromatic heterocycles. The Balaban J connectivity index is 1.61. The number of hydrogen-bond donors (Lipinski definition) is 3. The topological polar surface area (TPSA) is 95.6 Å². The first kappa shape index (κ1) is 22.8. The van der Waals surface area contributed by atoms with Crippen molar-refractivity contribution in [3.8, 4) is 0 Å². The molecule has 4 N–H and O–H groups in total. The monoisotopic (exact) mass is 446 g/mol. The highest BCUT2D eigenvalue weighted by Crippen LogP contribution is 2.25. The molecule has 2 atom stereocenters. The summed E-state index contributed by atoms with van der Waals surface area (Å²) in [5, 5.41) is 7.28. The minimum atomic E-state index is -0.478. The van der Waals surface area contributed by atoms with E-state index >= 15 is 0 Å². The van der Waals surface area contributed by atoms with Crippen LogP contribution in [0.15, 0.2) is 47.6 Å². The molecule has 3 rings (SSSR count). The van der Waals surface area contributed by atoms with Crippen molar-refractivity contribution >= 4 is 29.3 Å². The van der Waals surface area contributed by atoms with Gasteiger partial charge in [-0.25, -0.2) is 9.37 Å². The highest BCUT2D eigenvalue weighted by Gasteiger charge is 2.25. The zero-order valence-electron chi connectivity index (χ0n) is 17.5. The van der Waals surface area contributed by atoms with E-state index in [-0.39, 0.29) is 18.4 Å². The lowest BCUT2D eigenvalue weighted by atomic mass is 9.99. The number of aromatic nitrogens is 1. The molecule has 2 heterocycles. The number of anilines is 1. The van der Waals surface area contributed by atoms with Crippen molar-refractivity contribution in [2.45, 2.75) is 25.8 Å². The summed E-state index contributed by atoms with van der Waals surface area (Å²) in [6, 6.07) is 9.89. The van der Waals surface area contributed by atoms with Gasteiger partial charge in [0.2, 0.25) is 5.91 Å². The Morgan fingerprint density at radius 1 is 1.39 bits per heavy atom. The molecule has 1 fully saturated rings. The van der Waals surface area contributed by atoms with Crippen molar-refractivity contribution in [2.24, 2.45) is 16.6 Å². The van der Waals surface area contributed by atoms with Crippen LogP contribution >= 0.6 is 11.6 Å². The highest BCUT2D eigenvalue weighted by molar-refractivity contribution is 6.32. The van der Waals surface area contributed by atoms with Gasteiger partial charge in [-0.2, -0.15) is 0 Å². The molecule has 2 aromatic rings. The van der Waals surface area contributed by atoms with Gasteiger partial charge < -0.3 is 21.3 Å². The van der Waals surface area contributed by atoms with Gasteiger partial charge in [0.25, 0.3) is 0 Å². The predicted octanol–water partition coefficient (Wildman–Crippen LogP) is 2.35. The van der Waals surface area contributed by atoms with E-state index in [4.69, 9.17) is 17.3 Å². The summed E-state index contributed by atoms with van der Waals surface area (Å²) in [5.74, 6) is 0.193. The van der Waals surface area contributed by atoms with Crippen molar-refractivity contribution in [1.82, 2.24) is 15.6 Å². The van der Waals surface area contributed by atoms with Gasteiger partial charge in [-0.3, -0.25) is 9.79 Å². The molecule has 0 radical (unpaired) electrons. The molecule has 0 aliphatic carbocycles. The fraction of sp³-hybridized carbons (Fsp3) is 0.409. The summed E-state index contributed by atoms with van der Waals surface area (Å²) in [6.45, 7) is 4.49. The Bertz CT molecular complexity index is 907. The molecule has 2 unspecified atom stereocenters. The van der Waals surface area contributed by atoms with E-state index in [1.165, 1.54) is 12.1 Å². The summed E-state index contributed by atoms with van der Waals surface area (Å²) < 4.78 is 13.1. The van der Waals surface area contributed by atoms with Gasteiger partial charge in [0.1, 0.15) is 11.6 Å². The van der Waals surface area contributed by atoms with E-state index in [1.54, 1.807) is 18.3 Å². The van der Waals surface area contributed by atoms with E-state index in [9.17, 15) is 9.18 Å². The van der Waals surface area contributed by atoms with E-state index in [0.29, 0.717) is 23.9 Å². The van der Waals surface area contributed by atoms with Crippen LogP contribution in [-0.2, 0) is 11.2 Å². The second kappa shape index (κ2) is 10.9. The van der Waals surface area contributed by atoms with Crippen molar-refractivity contribution in [1.29, 1.82) is 0 Å². The first-order valence-electron chi connectivity index (χ1n) is 10.4. The largest absolute Gasteiger partial charge is 0.369 e. The van der Waals surface area contributed by atoms with Crippen molar-refractivity contribution < 1.29 is 9.18 Å². The zero-order valence-corrected chi connectivity index (χ0v) is 18.3. The fourth-order valence-electron chi connectivity index (χ4n) is 3.56. The zero-order chi connectivity index (χ0) is 22.2. The highest BCUT2D eigenvalue weighted by atomic mass is 35.5. The fourth-order valence-corrected chi connectivity index (χ4v) is 3.80. The Morgan fingerprint density at radius 3 is 2.84 bits per heavy atom. The quantitative estimate of drug-likeness (QED) is 0.427. The number of benzene rings is 1. The smallest absolute Gasteiger partial charge is 0.222 e. The summed E-state index contributed by atoms with van der Waals surface area (Å²) in [7, 11) is 0. The lowest BCUT2D eigenvalue weighted by Crippen LogP contribution is -2.45. The van der Waals surface area contributed by atoms with Crippen LogP contribution in [-0.4, -0.2) is 49.1 Å². The SMILES string of the molecule is CCNC(=NCC(Cc1ccc(F)cc1)C(N)=O)NC1CCN(c2ncccc2Cl)C1. The summed E-state index contributed by atoms with van der Waals surface area (Å²) in [5.41, 5.74) is 6.43. The molecule has 1 aliphatic rings. The second-order valence-electron chi connectivity index (χ2n) is 7.53. The van der Waals surface area contributed by atoms with Crippen LogP contribution in [0.3, 0.4) is 0 Å². The molecule has 7 nitrogen and oxygen atoms in total. The minimum Gasteiger partial charge on any atom is -0.369 e. The van der Waals surface area contributed by atoms with Crippen LogP contribution < -0.4 is 21.3 Å². The number of rotatable bonds is 8. The third-order valence-corrected chi connectivity index (χ3v) is 5.47. The van der Waals surface area contributed by atoms with Crippen molar-refractivity contribution in [3.63, 3.8) is 0 Å². The van der Waals surface area contributed by atoms with Crippen molar-refractivity contribution in [3.05, 3.63) is 59.0 Å². The van der Waals surface area contributed by atoms with Crippen LogP contribution in [0.1, 0.15) is 18.9 Å². The maximum atomic E-state index is 13.1. The normalized spacial score (nSPS) is 17.5. The number of nitrogens with zero attached hydrogens (tertiary/aromatic N) is 3. The van der Waals surface area contributed by atoms with E-state index in [2.05, 4.69) is 25.5 Å². The van der Waals surface area contributed by atoms with Gasteiger partial charge in [0.15, 0.2) is 5.96 Å². The first-order chi connectivity index (χ1) is 15.0. The number of aliphatic imine (C=N–C) groups is 1. The molecule has 1 aromatic carbocycles. The minimum absolute atomic E-state index is 0.167. The van der Waals surface area contributed by atoms with Gasteiger partial charge in [-0.05, 0) is 49.6 Å². The molecular formula is C22H28ClFN6O. The molecule has 31 heavy (non-hydrogen) atoms. The molecule has 9 heteroatoms. The third kappa shape index (κ3) is 6.55. The second-order valence-corrected chi connectivity index (χ2v) is 7.94. The number of carbonyl (C=O) groups excluding carboxylic acids is 1. The van der Waals surface area contributed by atoms with E-state index in [0.717, 1.165) is 30.9 Å². The molecule has 0 bridgehead atoms. The molecule has 0 spiro atoms. The average Bonchev–Trinajstić information content (AvgIpc) is 3.21. The number of nitrogens with two attached hydrogens (primary N) is 1. The van der Waals surface area contributed by atoms with Crippen LogP contribution in [0.2, 0.25) is 5.02 Å². The number of nitrogens with one attached hydrogen (secondary N) is 2. The van der Waals surface area contributed by atoms with Crippen LogP contribution in [0.4, 0.5) is 10.2 Å². The molecule has 166 valence electrons. The molecule has 1 aliphatic heterocycles. The van der Waals surface area contributed by atoms with Gasteiger partial charge >= 0.3 is 0 Å². The Hall–Kier alpha value is -2.87. The van der Waals surface area contributed by atoms with Gasteiger partial charge in [-0.1, -0.05) is 23.7 Å². The van der Waals surface area contributed by atoms with Crippen LogP contribution in [0, 0.1) is 11.7 Å². The number of guanidine groups is 1. The molecule has 1 saturated heterocycles. The maximum Gasteiger partial charge on any atom is 0.222 e. The first-order valence-corrected chi connectivity index (χ1v) is 10.8. The van der Waals surface area contributed by atoms with Crippen LogP contribution in [0.25, 0.3) is 0 Å². The number of primary amides is 1. The number of halogens is 2. The summed E-state index contributed by atoms with van der Waals surface area (Å²) in [6.07, 6.45) is 3.05. The van der Waals surface area contributed by atoms with Gasteiger partial charge in [0, 0.05) is 31.9 Å². The Kier molecular flexibility index (Phi) is 8.06. The Labute approximate surface area is 186 Å². The maximum absolute atomic E-state index is 13.1. The lowest BCUT2D eigenvalue weighted by Gasteiger charge is -2.20. The van der Waals surface area contributed by atoms with E-state index < -0.39 is 11.8 Å². The molecular weight excluding hydrogens is 419 g/mol. The average molecular weight is 447 g/mol. The predicted molar refractivity (Wildman–Crippen MR) is 122 cm³/mol. The van der Waals surface area contributed by atoms with Crippen LogP contribution in [0.5, 0.6) is 0 Å². The Morgan fingerprint density at radius 2 is 2.16 bits per heavy atom. The number of hydrogen-bond acceptors (Lipinski definition) is 4. The molecule has 0 saturated carbocycles. The third-order valence-electron chi connectivity index (χ3n) is 5.18. The number of pyridine rings is 1.